The molecule has 1 heterocycles. The lowest BCUT2D eigenvalue weighted by Crippen LogP contribution is -1.89. The zero-order valence-electron chi connectivity index (χ0n) is 11.2. The first-order valence-electron chi connectivity index (χ1n) is 6.42. The van der Waals surface area contributed by atoms with Crippen LogP contribution in [0.2, 0.25) is 0 Å². The van der Waals surface area contributed by atoms with Gasteiger partial charge in [-0.3, -0.25) is 0 Å². The molecule has 3 aromatic rings. The molecule has 4 nitrogen and oxygen atoms in total. The number of rotatable bonds is 2. The number of nitrogen functional groups attached to an aromatic ring is 2. The van der Waals surface area contributed by atoms with E-state index in [1.807, 2.05) is 55.5 Å². The number of nitrogens with zero attached hydrogens (tertiary/aromatic N) is 1. The number of aryl methyl sites for hydroxylation is 1. The smallest absolute Gasteiger partial charge is 0.104 e. The van der Waals surface area contributed by atoms with E-state index in [1.165, 1.54) is 0 Å². The molecule has 0 aliphatic heterocycles. The lowest BCUT2D eigenvalue weighted by molar-refractivity contribution is 1.15. The molecule has 0 bridgehead atoms. The number of aromatic nitrogens is 2. The molecule has 0 aliphatic rings. The standard InChI is InChI=1S/C16H16N4/c1-10-19-15(11-4-2-6-13(17)8-11)16(20-10)12-5-3-7-14(18)9-12/h2-9H,17-18H2,1H3,(H,19,20). The molecule has 20 heavy (non-hydrogen) atoms. The normalized spacial score (nSPS) is 10.7. The van der Waals surface area contributed by atoms with Crippen molar-refractivity contribution in [2.45, 2.75) is 6.92 Å². The number of hydrogen-bond acceptors (Lipinski definition) is 3. The van der Waals surface area contributed by atoms with Crippen LogP contribution in [0.15, 0.2) is 48.5 Å². The fourth-order valence-electron chi connectivity index (χ4n) is 2.29. The number of hydrogen-bond donors (Lipinski definition) is 3. The lowest BCUT2D eigenvalue weighted by Gasteiger charge is -2.05. The number of imidazole rings is 1. The third kappa shape index (κ3) is 2.23. The van der Waals surface area contributed by atoms with Crippen molar-refractivity contribution < 1.29 is 0 Å². The molecule has 2 aromatic carbocycles. The van der Waals surface area contributed by atoms with Crippen molar-refractivity contribution in [3.63, 3.8) is 0 Å². The highest BCUT2D eigenvalue weighted by atomic mass is 14.9. The lowest BCUT2D eigenvalue weighted by atomic mass is 10.0. The summed E-state index contributed by atoms with van der Waals surface area (Å²) in [5.41, 5.74) is 17.0. The van der Waals surface area contributed by atoms with Crippen LogP contribution in [0.3, 0.4) is 0 Å². The average molecular weight is 264 g/mol. The predicted octanol–water partition coefficient (Wildman–Crippen LogP) is 3.22. The van der Waals surface area contributed by atoms with Gasteiger partial charge in [-0.2, -0.15) is 0 Å². The summed E-state index contributed by atoms with van der Waals surface area (Å²) in [7, 11) is 0. The van der Waals surface area contributed by atoms with Crippen molar-refractivity contribution in [3.8, 4) is 22.5 Å². The molecule has 1 aromatic heterocycles. The van der Waals surface area contributed by atoms with Gasteiger partial charge < -0.3 is 16.5 Å². The summed E-state index contributed by atoms with van der Waals surface area (Å²) in [5.74, 6) is 0.861. The number of nitrogens with two attached hydrogens (primary N) is 2. The minimum absolute atomic E-state index is 0.724. The maximum atomic E-state index is 5.86. The summed E-state index contributed by atoms with van der Waals surface area (Å²) in [6, 6.07) is 15.5. The molecular formula is C16H16N4. The topological polar surface area (TPSA) is 80.7 Å². The molecule has 0 atom stereocenters. The summed E-state index contributed by atoms with van der Waals surface area (Å²) < 4.78 is 0. The Morgan fingerprint density at radius 3 is 2.15 bits per heavy atom. The summed E-state index contributed by atoms with van der Waals surface area (Å²) in [6.45, 7) is 1.94. The van der Waals surface area contributed by atoms with Gasteiger partial charge in [-0.25, -0.2) is 4.98 Å². The quantitative estimate of drug-likeness (QED) is 0.622. The van der Waals surface area contributed by atoms with E-state index in [-0.39, 0.29) is 0 Å². The van der Waals surface area contributed by atoms with Crippen molar-refractivity contribution in [2.24, 2.45) is 0 Å². The van der Waals surface area contributed by atoms with Crippen LogP contribution in [0.4, 0.5) is 11.4 Å². The van der Waals surface area contributed by atoms with Crippen molar-refractivity contribution >= 4 is 11.4 Å². The van der Waals surface area contributed by atoms with Crippen LogP contribution in [-0.4, -0.2) is 9.97 Å². The van der Waals surface area contributed by atoms with Crippen LogP contribution in [0.5, 0.6) is 0 Å². The van der Waals surface area contributed by atoms with E-state index in [2.05, 4.69) is 9.97 Å². The van der Waals surface area contributed by atoms with Crippen LogP contribution in [0.25, 0.3) is 22.5 Å². The molecule has 100 valence electrons. The molecule has 0 amide bonds. The second kappa shape index (κ2) is 4.74. The SMILES string of the molecule is Cc1nc(-c2cccc(N)c2)c(-c2cccc(N)c2)[nH]1. The molecule has 5 N–H and O–H groups in total. The van der Waals surface area contributed by atoms with Crippen LogP contribution < -0.4 is 11.5 Å². The molecule has 3 rings (SSSR count). The fraction of sp³-hybridized carbons (Fsp3) is 0.0625. The minimum atomic E-state index is 0.724. The fourth-order valence-corrected chi connectivity index (χ4v) is 2.29. The van der Waals surface area contributed by atoms with Crippen LogP contribution in [-0.2, 0) is 0 Å². The molecule has 4 heteroatoms. The largest absolute Gasteiger partial charge is 0.399 e. The Morgan fingerprint density at radius 1 is 0.900 bits per heavy atom. The summed E-state index contributed by atoms with van der Waals surface area (Å²) in [5, 5.41) is 0. The second-order valence-electron chi connectivity index (χ2n) is 4.80. The van der Waals surface area contributed by atoms with Gasteiger partial charge in [-0.05, 0) is 31.2 Å². The molecule has 0 saturated heterocycles. The number of anilines is 2. The molecular weight excluding hydrogens is 248 g/mol. The van der Waals surface area contributed by atoms with Gasteiger partial charge in [0.05, 0.1) is 11.4 Å². The molecule has 0 saturated carbocycles. The number of benzene rings is 2. The van der Waals surface area contributed by atoms with E-state index in [1.54, 1.807) is 0 Å². The number of H-pyrrole nitrogens is 1. The van der Waals surface area contributed by atoms with Crippen LogP contribution in [0, 0.1) is 6.92 Å². The van der Waals surface area contributed by atoms with Gasteiger partial charge in [0.15, 0.2) is 0 Å². The summed E-state index contributed by atoms with van der Waals surface area (Å²) in [4.78, 5) is 7.87. The zero-order chi connectivity index (χ0) is 14.1. The van der Waals surface area contributed by atoms with Gasteiger partial charge in [0.1, 0.15) is 5.82 Å². The summed E-state index contributed by atoms with van der Waals surface area (Å²) >= 11 is 0. The number of aromatic amines is 1. The van der Waals surface area contributed by atoms with Crippen LogP contribution in [0.1, 0.15) is 5.82 Å². The van der Waals surface area contributed by atoms with Gasteiger partial charge in [-0.1, -0.05) is 24.3 Å². The highest BCUT2D eigenvalue weighted by Gasteiger charge is 2.12. The van der Waals surface area contributed by atoms with Crippen molar-refractivity contribution in [3.05, 3.63) is 54.4 Å². The molecule has 0 aliphatic carbocycles. The second-order valence-corrected chi connectivity index (χ2v) is 4.80. The molecule has 0 spiro atoms. The third-order valence-electron chi connectivity index (χ3n) is 3.16. The van der Waals surface area contributed by atoms with E-state index in [0.29, 0.717) is 0 Å². The Hall–Kier alpha value is -2.75. The van der Waals surface area contributed by atoms with E-state index in [9.17, 15) is 0 Å². The maximum Gasteiger partial charge on any atom is 0.104 e. The number of nitrogens with one attached hydrogen (secondary N) is 1. The highest BCUT2D eigenvalue weighted by molar-refractivity contribution is 5.80. The van der Waals surface area contributed by atoms with E-state index < -0.39 is 0 Å². The maximum absolute atomic E-state index is 5.86. The van der Waals surface area contributed by atoms with Crippen LogP contribution >= 0.6 is 0 Å². The van der Waals surface area contributed by atoms with E-state index >= 15 is 0 Å². The van der Waals surface area contributed by atoms with Gasteiger partial charge in [0.25, 0.3) is 0 Å². The van der Waals surface area contributed by atoms with E-state index in [0.717, 1.165) is 39.7 Å². The summed E-state index contributed by atoms with van der Waals surface area (Å²) in [6.07, 6.45) is 0. The van der Waals surface area contributed by atoms with Gasteiger partial charge in [0, 0.05) is 22.5 Å². The van der Waals surface area contributed by atoms with Crippen molar-refractivity contribution in [2.75, 3.05) is 11.5 Å². The van der Waals surface area contributed by atoms with Gasteiger partial charge in [-0.15, -0.1) is 0 Å². The Balaban J connectivity index is 2.18. The monoisotopic (exact) mass is 264 g/mol. The molecule has 0 unspecified atom stereocenters. The molecule has 0 fully saturated rings. The predicted molar refractivity (Wildman–Crippen MR) is 83.0 cm³/mol. The first-order chi connectivity index (χ1) is 9.63. The van der Waals surface area contributed by atoms with Gasteiger partial charge in [0.2, 0.25) is 0 Å². The first kappa shape index (κ1) is 12.3. The van der Waals surface area contributed by atoms with Crippen molar-refractivity contribution in [1.29, 1.82) is 0 Å². The Bertz CT molecular complexity index is 696. The Labute approximate surface area is 117 Å². The van der Waals surface area contributed by atoms with E-state index in [4.69, 9.17) is 11.5 Å². The first-order valence-corrected chi connectivity index (χ1v) is 6.42. The van der Waals surface area contributed by atoms with Crippen molar-refractivity contribution in [1.82, 2.24) is 9.97 Å². The van der Waals surface area contributed by atoms with Gasteiger partial charge >= 0.3 is 0 Å². The Morgan fingerprint density at radius 2 is 1.50 bits per heavy atom. The highest BCUT2D eigenvalue weighted by Crippen LogP contribution is 2.31. The molecule has 0 radical (unpaired) electrons. The Kier molecular flexibility index (Phi) is 2.91. The average Bonchev–Trinajstić information content (AvgIpc) is 2.81. The third-order valence-corrected chi connectivity index (χ3v) is 3.16. The minimum Gasteiger partial charge on any atom is -0.399 e. The zero-order valence-corrected chi connectivity index (χ0v) is 11.2.